The van der Waals surface area contributed by atoms with E-state index in [1.54, 1.807) is 66.7 Å². The van der Waals surface area contributed by atoms with Gasteiger partial charge in [-0.05, 0) is 54.4 Å². The fourth-order valence-electron chi connectivity index (χ4n) is 3.07. The van der Waals surface area contributed by atoms with Crippen molar-refractivity contribution in [2.24, 2.45) is 0 Å². The number of para-hydroxylation sites is 2. The first kappa shape index (κ1) is 21.4. The highest BCUT2D eigenvalue weighted by atomic mass is 32.2. The summed E-state index contributed by atoms with van der Waals surface area (Å²) < 4.78 is 38.6. The monoisotopic (exact) mass is 425 g/mol. The lowest BCUT2D eigenvalue weighted by atomic mass is 10.1. The highest BCUT2D eigenvalue weighted by molar-refractivity contribution is 7.92. The van der Waals surface area contributed by atoms with E-state index in [4.69, 9.17) is 9.47 Å². The van der Waals surface area contributed by atoms with Crippen LogP contribution in [0.25, 0.3) is 0 Å². The molecule has 156 valence electrons. The number of hydrogen-bond donors (Lipinski definition) is 0. The SMILES string of the molecule is COC(=O)c1ccc(CN(c2ccccc2OC)S(=O)(=O)c2cccc(C)c2)cc1. The van der Waals surface area contributed by atoms with E-state index in [1.165, 1.54) is 18.5 Å². The molecule has 0 amide bonds. The molecular formula is C23H23NO5S. The fraction of sp³-hybridized carbons (Fsp3) is 0.174. The zero-order chi connectivity index (χ0) is 21.7. The first-order valence-corrected chi connectivity index (χ1v) is 10.7. The fourth-order valence-corrected chi connectivity index (χ4v) is 4.64. The van der Waals surface area contributed by atoms with Crippen molar-refractivity contribution >= 4 is 21.7 Å². The van der Waals surface area contributed by atoms with Crippen LogP contribution in [-0.2, 0) is 21.3 Å². The Bertz CT molecular complexity index is 1140. The summed E-state index contributed by atoms with van der Waals surface area (Å²) in [6.45, 7) is 1.91. The number of benzene rings is 3. The van der Waals surface area contributed by atoms with Crippen LogP contribution in [0, 0.1) is 6.92 Å². The van der Waals surface area contributed by atoms with Crippen LogP contribution in [-0.4, -0.2) is 28.6 Å². The predicted molar refractivity (Wildman–Crippen MR) is 115 cm³/mol. The van der Waals surface area contributed by atoms with E-state index in [2.05, 4.69) is 0 Å². The second kappa shape index (κ2) is 9.00. The second-order valence-electron chi connectivity index (χ2n) is 6.69. The number of nitrogens with zero attached hydrogens (tertiary/aromatic N) is 1. The molecule has 0 unspecified atom stereocenters. The molecule has 0 aliphatic heterocycles. The van der Waals surface area contributed by atoms with E-state index in [9.17, 15) is 13.2 Å². The van der Waals surface area contributed by atoms with Gasteiger partial charge in [0.05, 0.1) is 36.9 Å². The van der Waals surface area contributed by atoms with E-state index < -0.39 is 16.0 Å². The Morgan fingerprint density at radius 2 is 1.63 bits per heavy atom. The molecule has 3 aromatic carbocycles. The number of rotatable bonds is 7. The molecule has 0 N–H and O–H groups in total. The summed E-state index contributed by atoms with van der Waals surface area (Å²) in [5.74, 6) is -0.00424. The Morgan fingerprint density at radius 1 is 0.933 bits per heavy atom. The molecule has 3 aromatic rings. The number of hydrogen-bond acceptors (Lipinski definition) is 5. The lowest BCUT2D eigenvalue weighted by Crippen LogP contribution is -2.31. The van der Waals surface area contributed by atoms with Crippen LogP contribution in [0.5, 0.6) is 5.75 Å². The topological polar surface area (TPSA) is 72.9 Å². The standard InChI is InChI=1S/C23H23NO5S/c1-17-7-6-8-20(15-17)30(26,27)24(21-9-4-5-10-22(21)28-2)16-18-11-13-19(14-12-18)23(25)29-3/h4-15H,16H2,1-3H3. The van der Waals surface area contributed by atoms with Gasteiger partial charge in [0.15, 0.2) is 0 Å². The molecule has 0 heterocycles. The molecule has 0 fully saturated rings. The molecule has 30 heavy (non-hydrogen) atoms. The van der Waals surface area contributed by atoms with Gasteiger partial charge in [0.25, 0.3) is 10.0 Å². The van der Waals surface area contributed by atoms with Crippen molar-refractivity contribution in [1.82, 2.24) is 0 Å². The van der Waals surface area contributed by atoms with Gasteiger partial charge in [-0.15, -0.1) is 0 Å². The normalized spacial score (nSPS) is 11.0. The maximum absolute atomic E-state index is 13.6. The number of esters is 1. The minimum absolute atomic E-state index is 0.0676. The predicted octanol–water partition coefficient (Wildman–Crippen LogP) is 4.19. The molecule has 0 aromatic heterocycles. The number of carbonyl (C=O) groups is 1. The number of methoxy groups -OCH3 is 2. The molecule has 0 spiro atoms. The number of anilines is 1. The van der Waals surface area contributed by atoms with Crippen molar-refractivity contribution in [2.75, 3.05) is 18.5 Å². The van der Waals surface area contributed by atoms with Crippen molar-refractivity contribution in [1.29, 1.82) is 0 Å². The van der Waals surface area contributed by atoms with Gasteiger partial charge >= 0.3 is 5.97 Å². The molecule has 3 rings (SSSR count). The molecule has 0 saturated carbocycles. The average molecular weight is 426 g/mol. The summed E-state index contributed by atoms with van der Waals surface area (Å²) in [5, 5.41) is 0. The quantitative estimate of drug-likeness (QED) is 0.531. The maximum atomic E-state index is 13.6. The largest absolute Gasteiger partial charge is 0.495 e. The number of ether oxygens (including phenoxy) is 2. The Hall–Kier alpha value is -3.32. The molecule has 0 bridgehead atoms. The van der Waals surface area contributed by atoms with Crippen molar-refractivity contribution in [3.8, 4) is 5.75 Å². The van der Waals surface area contributed by atoms with Gasteiger partial charge in [-0.3, -0.25) is 4.31 Å². The van der Waals surface area contributed by atoms with Crippen LogP contribution < -0.4 is 9.04 Å². The third-order valence-corrected chi connectivity index (χ3v) is 6.39. The van der Waals surface area contributed by atoms with Crippen molar-refractivity contribution in [2.45, 2.75) is 18.4 Å². The van der Waals surface area contributed by atoms with Crippen LogP contribution in [0.15, 0.2) is 77.7 Å². The highest BCUT2D eigenvalue weighted by Gasteiger charge is 2.27. The van der Waals surface area contributed by atoms with E-state index in [0.29, 0.717) is 22.6 Å². The molecule has 0 aliphatic rings. The Morgan fingerprint density at radius 3 is 2.27 bits per heavy atom. The van der Waals surface area contributed by atoms with Gasteiger partial charge < -0.3 is 9.47 Å². The number of carbonyl (C=O) groups excluding carboxylic acids is 1. The van der Waals surface area contributed by atoms with E-state index in [1.807, 2.05) is 13.0 Å². The van der Waals surface area contributed by atoms with Crippen LogP contribution in [0.2, 0.25) is 0 Å². The highest BCUT2D eigenvalue weighted by Crippen LogP contribution is 2.33. The summed E-state index contributed by atoms with van der Waals surface area (Å²) in [6.07, 6.45) is 0. The zero-order valence-electron chi connectivity index (χ0n) is 17.0. The summed E-state index contributed by atoms with van der Waals surface area (Å²) >= 11 is 0. The molecule has 0 saturated heterocycles. The van der Waals surface area contributed by atoms with Gasteiger partial charge in [-0.25, -0.2) is 13.2 Å². The average Bonchev–Trinajstić information content (AvgIpc) is 2.77. The third kappa shape index (κ3) is 4.46. The van der Waals surface area contributed by atoms with Gasteiger partial charge in [0.1, 0.15) is 5.75 Å². The minimum atomic E-state index is -3.88. The Balaban J connectivity index is 2.07. The van der Waals surface area contributed by atoms with Crippen LogP contribution >= 0.6 is 0 Å². The summed E-state index contributed by atoms with van der Waals surface area (Å²) in [4.78, 5) is 11.9. The molecule has 0 aliphatic carbocycles. The van der Waals surface area contributed by atoms with Gasteiger partial charge in [0, 0.05) is 0 Å². The minimum Gasteiger partial charge on any atom is -0.495 e. The molecule has 0 radical (unpaired) electrons. The first-order chi connectivity index (χ1) is 14.4. The number of sulfonamides is 1. The van der Waals surface area contributed by atoms with E-state index in [-0.39, 0.29) is 11.4 Å². The molecular weight excluding hydrogens is 402 g/mol. The van der Waals surface area contributed by atoms with Crippen LogP contribution in [0.3, 0.4) is 0 Å². The summed E-state index contributed by atoms with van der Waals surface area (Å²) in [5.41, 5.74) is 2.38. The maximum Gasteiger partial charge on any atom is 0.337 e. The zero-order valence-corrected chi connectivity index (χ0v) is 17.8. The Labute approximate surface area is 176 Å². The van der Waals surface area contributed by atoms with E-state index in [0.717, 1.165) is 5.56 Å². The van der Waals surface area contributed by atoms with Crippen LogP contribution in [0.4, 0.5) is 5.69 Å². The second-order valence-corrected chi connectivity index (χ2v) is 8.55. The van der Waals surface area contributed by atoms with Gasteiger partial charge in [0.2, 0.25) is 0 Å². The van der Waals surface area contributed by atoms with Gasteiger partial charge in [-0.1, -0.05) is 36.4 Å². The van der Waals surface area contributed by atoms with Crippen molar-refractivity contribution in [3.05, 3.63) is 89.5 Å². The van der Waals surface area contributed by atoms with Gasteiger partial charge in [-0.2, -0.15) is 0 Å². The first-order valence-electron chi connectivity index (χ1n) is 9.26. The lowest BCUT2D eigenvalue weighted by Gasteiger charge is -2.26. The van der Waals surface area contributed by atoms with Crippen LogP contribution in [0.1, 0.15) is 21.5 Å². The molecule has 6 nitrogen and oxygen atoms in total. The number of aryl methyl sites for hydroxylation is 1. The Kier molecular flexibility index (Phi) is 6.42. The van der Waals surface area contributed by atoms with Crippen molar-refractivity contribution in [3.63, 3.8) is 0 Å². The molecule has 0 atom stereocenters. The molecule has 7 heteroatoms. The third-order valence-electron chi connectivity index (χ3n) is 4.63. The summed E-state index contributed by atoms with van der Waals surface area (Å²) in [7, 11) is -1.06. The smallest absolute Gasteiger partial charge is 0.337 e. The summed E-state index contributed by atoms with van der Waals surface area (Å²) in [6, 6.07) is 20.4. The van der Waals surface area contributed by atoms with Crippen molar-refractivity contribution < 1.29 is 22.7 Å². The lowest BCUT2D eigenvalue weighted by molar-refractivity contribution is 0.0600. The van der Waals surface area contributed by atoms with E-state index >= 15 is 0 Å².